The maximum Gasteiger partial charge on any atom is 0.259 e. The largest absolute Gasteiger partial charge is 0.361 e. The Hall–Kier alpha value is -2.78. The summed E-state index contributed by atoms with van der Waals surface area (Å²) < 4.78 is 0. The third-order valence-electron chi connectivity index (χ3n) is 4.27. The molecule has 0 spiro atoms. The summed E-state index contributed by atoms with van der Waals surface area (Å²) in [6.07, 6.45) is 0.766. The number of nitrogens with zero attached hydrogens (tertiary/aromatic N) is 1. The van der Waals surface area contributed by atoms with Crippen LogP contribution in [0.4, 0.5) is 0 Å². The molecule has 9 heteroatoms. The van der Waals surface area contributed by atoms with Crippen LogP contribution in [0.3, 0.4) is 0 Å². The highest BCUT2D eigenvalue weighted by molar-refractivity contribution is 7.80. The summed E-state index contributed by atoms with van der Waals surface area (Å²) in [7, 11) is 0. The van der Waals surface area contributed by atoms with E-state index in [9.17, 15) is 9.59 Å². The van der Waals surface area contributed by atoms with E-state index in [0.29, 0.717) is 27.7 Å². The molecular weight excluding hydrogens is 394 g/mol. The number of hydrazine groups is 1. The summed E-state index contributed by atoms with van der Waals surface area (Å²) >= 11 is 6.60. The Morgan fingerprint density at radius 2 is 1.96 bits per heavy atom. The van der Waals surface area contributed by atoms with Crippen LogP contribution in [0.5, 0.6) is 0 Å². The number of nitrogens with one attached hydrogen (secondary N) is 4. The van der Waals surface area contributed by atoms with Crippen molar-refractivity contribution in [3.8, 4) is 0 Å². The number of rotatable bonds is 5. The van der Waals surface area contributed by atoms with E-state index in [1.54, 1.807) is 0 Å². The molecule has 4 N–H and O–H groups in total. The highest BCUT2D eigenvalue weighted by Crippen LogP contribution is 2.25. The first kappa shape index (κ1) is 20.0. The fraction of sp³-hybridized carbons (Fsp3) is 0.263. The van der Waals surface area contributed by atoms with Crippen LogP contribution in [0.15, 0.2) is 35.1 Å². The summed E-state index contributed by atoms with van der Waals surface area (Å²) in [6.45, 7) is 4.49. The third kappa shape index (κ3) is 4.93. The molecule has 7 nitrogen and oxygen atoms in total. The van der Waals surface area contributed by atoms with Crippen LogP contribution in [-0.4, -0.2) is 27.5 Å². The summed E-state index contributed by atoms with van der Waals surface area (Å²) in [5.74, 6) is -0.0271. The average Bonchev–Trinajstić information content (AvgIpc) is 2.95. The van der Waals surface area contributed by atoms with Gasteiger partial charge in [0, 0.05) is 11.4 Å². The minimum absolute atomic E-state index is 0.0548. The second-order valence-electron chi connectivity index (χ2n) is 6.32. The van der Waals surface area contributed by atoms with Gasteiger partial charge in [-0.3, -0.25) is 20.4 Å². The Labute approximate surface area is 171 Å². The minimum Gasteiger partial charge on any atom is -0.361 e. The molecule has 1 aromatic carbocycles. The number of carbonyl (C=O) groups is 1. The maximum absolute atomic E-state index is 12.2. The highest BCUT2D eigenvalue weighted by atomic mass is 32.1. The number of carbonyl (C=O) groups excluding carboxylic acids is 1. The maximum atomic E-state index is 12.2. The van der Waals surface area contributed by atoms with Crippen molar-refractivity contribution in [2.24, 2.45) is 0 Å². The van der Waals surface area contributed by atoms with Gasteiger partial charge in [-0.25, -0.2) is 4.98 Å². The van der Waals surface area contributed by atoms with Crippen molar-refractivity contribution in [3.05, 3.63) is 62.5 Å². The van der Waals surface area contributed by atoms with Crippen LogP contribution in [-0.2, 0) is 17.6 Å². The van der Waals surface area contributed by atoms with Gasteiger partial charge in [0.05, 0.1) is 11.8 Å². The van der Waals surface area contributed by atoms with Gasteiger partial charge in [0.15, 0.2) is 5.11 Å². The molecule has 0 fully saturated rings. The van der Waals surface area contributed by atoms with E-state index in [1.165, 1.54) is 16.9 Å². The van der Waals surface area contributed by atoms with Gasteiger partial charge < -0.3 is 10.3 Å². The van der Waals surface area contributed by atoms with Crippen molar-refractivity contribution in [3.63, 3.8) is 0 Å². The second kappa shape index (κ2) is 8.94. The van der Waals surface area contributed by atoms with Gasteiger partial charge in [0.1, 0.15) is 10.7 Å². The van der Waals surface area contributed by atoms with Crippen molar-refractivity contribution in [2.75, 3.05) is 6.54 Å². The Morgan fingerprint density at radius 1 is 1.21 bits per heavy atom. The van der Waals surface area contributed by atoms with Gasteiger partial charge in [0.25, 0.3) is 5.56 Å². The van der Waals surface area contributed by atoms with Crippen LogP contribution < -0.4 is 21.7 Å². The highest BCUT2D eigenvalue weighted by Gasteiger charge is 2.13. The van der Waals surface area contributed by atoms with Crippen LogP contribution in [0, 0.1) is 13.8 Å². The molecule has 146 valence electrons. The van der Waals surface area contributed by atoms with E-state index in [2.05, 4.69) is 26.1 Å². The lowest BCUT2D eigenvalue weighted by molar-refractivity contribution is -0.121. The zero-order valence-corrected chi connectivity index (χ0v) is 17.2. The third-order valence-corrected chi connectivity index (χ3v) is 5.62. The number of hydrogen-bond donors (Lipinski definition) is 4. The number of amides is 1. The molecule has 2 aromatic heterocycles. The van der Waals surface area contributed by atoms with Gasteiger partial charge in [0.2, 0.25) is 5.91 Å². The van der Waals surface area contributed by atoms with Gasteiger partial charge in [-0.1, -0.05) is 30.3 Å². The zero-order chi connectivity index (χ0) is 20.1. The lowest BCUT2D eigenvalue weighted by Gasteiger charge is -2.11. The smallest absolute Gasteiger partial charge is 0.259 e. The van der Waals surface area contributed by atoms with Crippen LogP contribution in [0.2, 0.25) is 0 Å². The van der Waals surface area contributed by atoms with Crippen LogP contribution >= 0.6 is 23.6 Å². The van der Waals surface area contributed by atoms with Gasteiger partial charge >= 0.3 is 0 Å². The Balaban J connectivity index is 1.48. The molecular formula is C19H21N5O2S2. The first-order valence-corrected chi connectivity index (χ1v) is 10.0. The van der Waals surface area contributed by atoms with Crippen molar-refractivity contribution >= 4 is 44.8 Å². The molecule has 3 aromatic rings. The fourth-order valence-electron chi connectivity index (χ4n) is 2.71. The van der Waals surface area contributed by atoms with Gasteiger partial charge in [-0.15, -0.1) is 11.3 Å². The first-order valence-electron chi connectivity index (χ1n) is 8.79. The van der Waals surface area contributed by atoms with Crippen molar-refractivity contribution < 1.29 is 4.79 Å². The molecule has 0 saturated carbocycles. The Bertz CT molecular complexity index is 1060. The summed E-state index contributed by atoms with van der Waals surface area (Å²) in [6, 6.07) is 10.0. The molecule has 1 amide bonds. The molecule has 3 rings (SSSR count). The number of aromatic nitrogens is 2. The lowest BCUT2D eigenvalue weighted by atomic mass is 10.1. The minimum atomic E-state index is -0.347. The van der Waals surface area contributed by atoms with Crippen molar-refractivity contribution in [1.82, 2.24) is 26.1 Å². The summed E-state index contributed by atoms with van der Waals surface area (Å²) in [4.78, 5) is 33.1. The standard InChI is InChI=1S/C19H21N5O2S2/c1-11-12(2)28-18-16(11)17(26)21-14(22-18)10-15(25)23-24-19(27)20-9-8-13-6-4-3-5-7-13/h3-7H,8-10H2,1-2H3,(H,23,25)(H2,20,24,27)(H,21,22,26). The molecule has 0 bridgehead atoms. The molecule has 0 saturated heterocycles. The molecule has 0 aliphatic carbocycles. The number of aryl methyl sites for hydroxylation is 2. The van der Waals surface area contributed by atoms with E-state index < -0.39 is 0 Å². The van der Waals surface area contributed by atoms with Gasteiger partial charge in [-0.05, 0) is 43.6 Å². The normalized spacial score (nSPS) is 10.6. The van der Waals surface area contributed by atoms with E-state index in [1.807, 2.05) is 44.2 Å². The van der Waals surface area contributed by atoms with E-state index in [0.717, 1.165) is 16.9 Å². The molecule has 28 heavy (non-hydrogen) atoms. The number of thiophene rings is 1. The molecule has 0 unspecified atom stereocenters. The van der Waals surface area contributed by atoms with E-state index in [-0.39, 0.29) is 17.9 Å². The SMILES string of the molecule is Cc1sc2nc(CC(=O)NNC(=S)NCCc3ccccc3)[nH]c(=O)c2c1C. The number of fused-ring (bicyclic) bond motifs is 1. The Kier molecular flexibility index (Phi) is 6.37. The molecule has 0 atom stereocenters. The molecule has 0 aliphatic heterocycles. The second-order valence-corrected chi connectivity index (χ2v) is 7.93. The summed E-state index contributed by atoms with van der Waals surface area (Å²) in [5.41, 5.74) is 7.08. The van der Waals surface area contributed by atoms with Gasteiger partial charge in [-0.2, -0.15) is 0 Å². The number of hydrogen-bond acceptors (Lipinski definition) is 5. The number of H-pyrrole nitrogens is 1. The number of benzene rings is 1. The van der Waals surface area contributed by atoms with Crippen molar-refractivity contribution in [1.29, 1.82) is 0 Å². The monoisotopic (exact) mass is 415 g/mol. The quantitative estimate of drug-likeness (QED) is 0.375. The predicted octanol–water partition coefficient (Wildman–Crippen LogP) is 1.88. The van der Waals surface area contributed by atoms with Crippen LogP contribution in [0.25, 0.3) is 10.2 Å². The molecule has 0 radical (unpaired) electrons. The lowest BCUT2D eigenvalue weighted by Crippen LogP contribution is -2.47. The van der Waals surface area contributed by atoms with Crippen LogP contribution in [0.1, 0.15) is 21.8 Å². The summed E-state index contributed by atoms with van der Waals surface area (Å²) in [5, 5.41) is 3.94. The van der Waals surface area contributed by atoms with E-state index in [4.69, 9.17) is 12.2 Å². The van der Waals surface area contributed by atoms with Crippen molar-refractivity contribution in [2.45, 2.75) is 26.7 Å². The molecule has 0 aliphatic rings. The Morgan fingerprint density at radius 3 is 2.71 bits per heavy atom. The first-order chi connectivity index (χ1) is 13.4. The predicted molar refractivity (Wildman–Crippen MR) is 115 cm³/mol. The fourth-order valence-corrected chi connectivity index (χ4v) is 3.92. The van der Waals surface area contributed by atoms with E-state index >= 15 is 0 Å². The average molecular weight is 416 g/mol. The number of thiocarbonyl (C=S) groups is 1. The molecule has 2 heterocycles. The zero-order valence-electron chi connectivity index (χ0n) is 15.6. The topological polar surface area (TPSA) is 98.9 Å². The number of aromatic amines is 1.